The van der Waals surface area contributed by atoms with Gasteiger partial charge in [0.05, 0.1) is 11.6 Å². The van der Waals surface area contributed by atoms with Crippen molar-refractivity contribution >= 4 is 16.8 Å². The number of carbonyl (C=O) groups is 1. The van der Waals surface area contributed by atoms with Crippen molar-refractivity contribution in [3.63, 3.8) is 0 Å². The minimum absolute atomic E-state index is 0.213. The van der Waals surface area contributed by atoms with Gasteiger partial charge in [-0.05, 0) is 18.2 Å². The van der Waals surface area contributed by atoms with Crippen molar-refractivity contribution in [2.24, 2.45) is 0 Å². The van der Waals surface area contributed by atoms with E-state index in [2.05, 4.69) is 15.5 Å². The fraction of sp³-hybridized carbons (Fsp3) is 0.0588. The molecular weight excluding hydrogens is 330 g/mol. The number of fused-ring (bicyclic) bond motifs is 1. The summed E-state index contributed by atoms with van der Waals surface area (Å²) in [4.78, 5) is 24.6. The molecule has 0 unspecified atom stereocenters. The topological polar surface area (TPSA) is 98.6 Å². The molecule has 0 fully saturated rings. The molecule has 0 saturated carbocycles. The lowest BCUT2D eigenvalue weighted by Gasteiger charge is -2.12. The van der Waals surface area contributed by atoms with Crippen LogP contribution in [0.25, 0.3) is 10.9 Å². The molecule has 3 aromatic rings. The van der Waals surface area contributed by atoms with Crippen LogP contribution in [0.4, 0.5) is 8.78 Å². The minimum atomic E-state index is -1.40. The first-order chi connectivity index (χ1) is 12.0. The minimum Gasteiger partial charge on any atom is -0.331 e. The molecule has 0 saturated heterocycles. The van der Waals surface area contributed by atoms with Gasteiger partial charge in [0.15, 0.2) is 5.69 Å². The molecule has 2 aromatic carbocycles. The van der Waals surface area contributed by atoms with Crippen molar-refractivity contribution in [2.45, 2.75) is 6.04 Å². The predicted molar refractivity (Wildman–Crippen MR) is 84.5 cm³/mol. The summed E-state index contributed by atoms with van der Waals surface area (Å²) in [5, 5.41) is 17.9. The Bertz CT molecular complexity index is 1070. The Labute approximate surface area is 139 Å². The van der Waals surface area contributed by atoms with Gasteiger partial charge in [0.2, 0.25) is 5.43 Å². The molecule has 1 amide bonds. The largest absolute Gasteiger partial charge is 0.331 e. The van der Waals surface area contributed by atoms with Gasteiger partial charge < -0.3 is 5.32 Å². The summed E-state index contributed by atoms with van der Waals surface area (Å²) in [6, 6.07) is 9.40. The van der Waals surface area contributed by atoms with Crippen LogP contribution in [-0.2, 0) is 0 Å². The summed E-state index contributed by atoms with van der Waals surface area (Å²) < 4.78 is 26.8. The number of carbonyl (C=O) groups excluding carboxylic acids is 1. The van der Waals surface area contributed by atoms with Gasteiger partial charge in [0.1, 0.15) is 17.7 Å². The molecule has 2 N–H and O–H groups in total. The van der Waals surface area contributed by atoms with Gasteiger partial charge in [-0.1, -0.05) is 18.2 Å². The molecule has 8 heteroatoms. The van der Waals surface area contributed by atoms with E-state index < -0.39 is 34.7 Å². The first-order valence-electron chi connectivity index (χ1n) is 7.14. The fourth-order valence-corrected chi connectivity index (χ4v) is 2.34. The number of aromatic nitrogens is 2. The Morgan fingerprint density at radius 1 is 1.24 bits per heavy atom. The summed E-state index contributed by atoms with van der Waals surface area (Å²) in [6.07, 6.45) is 0. The maximum absolute atomic E-state index is 13.8. The molecular formula is C17H10F2N4O2. The van der Waals surface area contributed by atoms with Crippen LogP contribution in [0.2, 0.25) is 0 Å². The third kappa shape index (κ3) is 3.07. The molecule has 0 aliphatic heterocycles. The third-order valence-electron chi connectivity index (χ3n) is 3.57. The fourth-order valence-electron chi connectivity index (χ4n) is 2.34. The predicted octanol–water partition coefficient (Wildman–Crippen LogP) is 2.20. The molecule has 0 aliphatic carbocycles. The number of nitriles is 1. The normalized spacial score (nSPS) is 11.7. The molecule has 6 nitrogen and oxygen atoms in total. The van der Waals surface area contributed by atoms with Gasteiger partial charge in [-0.25, -0.2) is 8.78 Å². The Kier molecular flexibility index (Phi) is 4.22. The summed E-state index contributed by atoms with van der Waals surface area (Å²) in [5.74, 6) is -2.73. The van der Waals surface area contributed by atoms with Crippen molar-refractivity contribution in [3.05, 3.63) is 75.6 Å². The van der Waals surface area contributed by atoms with Gasteiger partial charge in [-0.3, -0.25) is 14.7 Å². The van der Waals surface area contributed by atoms with Crippen LogP contribution in [-0.4, -0.2) is 16.1 Å². The number of rotatable bonds is 3. The highest BCUT2D eigenvalue weighted by Crippen LogP contribution is 2.18. The average Bonchev–Trinajstić information content (AvgIpc) is 2.60. The molecule has 1 atom stereocenters. The standard InChI is InChI=1S/C17H10F2N4O2/c18-9-5-6-10(12(19)7-9)14(8-20)21-17(25)15-16(24)11-3-1-2-4-13(11)22-23-15/h1-7,14H,(H,21,25)(H,22,24)/t14-/m0/s1. The second-order valence-corrected chi connectivity index (χ2v) is 5.15. The second kappa shape index (κ2) is 6.49. The zero-order chi connectivity index (χ0) is 18.0. The lowest BCUT2D eigenvalue weighted by molar-refractivity contribution is 0.0938. The van der Waals surface area contributed by atoms with E-state index in [9.17, 15) is 23.6 Å². The Morgan fingerprint density at radius 3 is 2.72 bits per heavy atom. The number of aromatic amines is 1. The number of amides is 1. The van der Waals surface area contributed by atoms with E-state index in [0.29, 0.717) is 11.6 Å². The van der Waals surface area contributed by atoms with Crippen LogP contribution in [0.3, 0.4) is 0 Å². The summed E-state index contributed by atoms with van der Waals surface area (Å²) in [7, 11) is 0. The van der Waals surface area contributed by atoms with E-state index in [-0.39, 0.29) is 10.9 Å². The van der Waals surface area contributed by atoms with E-state index in [0.717, 1.165) is 12.1 Å². The Morgan fingerprint density at radius 2 is 2.00 bits per heavy atom. The van der Waals surface area contributed by atoms with Gasteiger partial charge in [-0.15, -0.1) is 0 Å². The quantitative estimate of drug-likeness (QED) is 0.763. The van der Waals surface area contributed by atoms with E-state index in [4.69, 9.17) is 0 Å². The first kappa shape index (κ1) is 16.3. The third-order valence-corrected chi connectivity index (χ3v) is 3.57. The summed E-state index contributed by atoms with van der Waals surface area (Å²) >= 11 is 0. The van der Waals surface area contributed by atoms with Crippen LogP contribution in [0.15, 0.2) is 47.3 Å². The molecule has 1 heterocycles. The molecule has 25 heavy (non-hydrogen) atoms. The number of benzene rings is 2. The molecule has 124 valence electrons. The lowest BCUT2D eigenvalue weighted by Crippen LogP contribution is -2.33. The smallest absolute Gasteiger partial charge is 0.277 e. The monoisotopic (exact) mass is 340 g/mol. The van der Waals surface area contributed by atoms with E-state index in [1.165, 1.54) is 6.07 Å². The van der Waals surface area contributed by atoms with Crippen molar-refractivity contribution in [2.75, 3.05) is 0 Å². The van der Waals surface area contributed by atoms with Crippen molar-refractivity contribution in [1.29, 1.82) is 5.26 Å². The van der Waals surface area contributed by atoms with Gasteiger partial charge >= 0.3 is 0 Å². The summed E-state index contributed by atoms with van der Waals surface area (Å²) in [6.45, 7) is 0. The number of nitrogens with one attached hydrogen (secondary N) is 2. The highest BCUT2D eigenvalue weighted by Gasteiger charge is 2.22. The Hall–Kier alpha value is -3.60. The summed E-state index contributed by atoms with van der Waals surface area (Å²) in [5.41, 5.74) is -0.843. The SMILES string of the molecule is N#C[C@H](NC(=O)c1n[nH]c2ccccc2c1=O)c1ccc(F)cc1F. The number of H-pyrrole nitrogens is 1. The highest BCUT2D eigenvalue weighted by atomic mass is 19.1. The molecule has 1 aromatic heterocycles. The molecule has 0 bridgehead atoms. The zero-order valence-corrected chi connectivity index (χ0v) is 12.6. The number of halogens is 2. The Balaban J connectivity index is 1.95. The highest BCUT2D eigenvalue weighted by molar-refractivity contribution is 5.95. The van der Waals surface area contributed by atoms with Gasteiger partial charge in [-0.2, -0.15) is 10.4 Å². The van der Waals surface area contributed by atoms with Crippen LogP contribution >= 0.6 is 0 Å². The number of nitrogens with zero attached hydrogens (tertiary/aromatic N) is 2. The van der Waals surface area contributed by atoms with Gasteiger partial charge in [0, 0.05) is 17.0 Å². The maximum Gasteiger partial charge on any atom is 0.277 e. The van der Waals surface area contributed by atoms with Gasteiger partial charge in [0.25, 0.3) is 5.91 Å². The van der Waals surface area contributed by atoms with Crippen LogP contribution in [0.1, 0.15) is 22.1 Å². The molecule has 0 radical (unpaired) electrons. The first-order valence-corrected chi connectivity index (χ1v) is 7.14. The number of para-hydroxylation sites is 1. The van der Waals surface area contributed by atoms with Crippen molar-refractivity contribution in [3.8, 4) is 6.07 Å². The molecule has 0 aliphatic rings. The number of hydrogen-bond acceptors (Lipinski definition) is 4. The van der Waals surface area contributed by atoms with Crippen LogP contribution in [0, 0.1) is 23.0 Å². The zero-order valence-electron chi connectivity index (χ0n) is 12.6. The van der Waals surface area contributed by atoms with Crippen molar-refractivity contribution < 1.29 is 13.6 Å². The lowest BCUT2D eigenvalue weighted by atomic mass is 10.1. The maximum atomic E-state index is 13.8. The van der Waals surface area contributed by atoms with Crippen LogP contribution in [0.5, 0.6) is 0 Å². The van der Waals surface area contributed by atoms with E-state index >= 15 is 0 Å². The van der Waals surface area contributed by atoms with Crippen molar-refractivity contribution in [1.82, 2.24) is 15.5 Å². The number of hydrogen-bond donors (Lipinski definition) is 2. The van der Waals surface area contributed by atoms with E-state index in [1.807, 2.05) is 0 Å². The molecule has 3 rings (SSSR count). The van der Waals surface area contributed by atoms with E-state index in [1.54, 1.807) is 24.3 Å². The molecule has 0 spiro atoms. The average molecular weight is 340 g/mol. The second-order valence-electron chi connectivity index (χ2n) is 5.15. The van der Waals surface area contributed by atoms with Crippen LogP contribution < -0.4 is 10.7 Å².